The topological polar surface area (TPSA) is 64.6 Å². The lowest BCUT2D eigenvalue weighted by Crippen LogP contribution is -2.46. The molecule has 1 N–H and O–H groups in total. The van der Waals surface area contributed by atoms with Gasteiger partial charge >= 0.3 is 12.1 Å². The van der Waals surface area contributed by atoms with Gasteiger partial charge in [0.1, 0.15) is 11.7 Å². The highest BCUT2D eigenvalue weighted by Gasteiger charge is 2.30. The molecule has 0 aromatic heterocycles. The maximum Gasteiger partial charge on any atom is 0.408 e. The number of carbonyl (C=O) groups is 2. The van der Waals surface area contributed by atoms with Crippen LogP contribution in [0.5, 0.6) is 0 Å². The SMILES string of the molecule is CC(C)=CCC[C@@H](C)C[C@H](NC(=O)OC(C)(C)C)C1C=CC(=O)O1. The number of esters is 1. The molecule has 136 valence electrons. The van der Waals surface area contributed by atoms with Crippen molar-refractivity contribution >= 4 is 12.1 Å². The highest BCUT2D eigenvalue weighted by molar-refractivity contribution is 5.84. The molecular formula is C19H31NO4. The van der Waals surface area contributed by atoms with Gasteiger partial charge in [-0.1, -0.05) is 18.6 Å². The van der Waals surface area contributed by atoms with Crippen molar-refractivity contribution in [1.29, 1.82) is 0 Å². The Hall–Kier alpha value is -1.78. The third-order valence-corrected chi connectivity index (χ3v) is 3.64. The summed E-state index contributed by atoms with van der Waals surface area (Å²) < 4.78 is 10.6. The standard InChI is InChI=1S/C19H31NO4/c1-13(2)8-7-9-14(3)12-15(16-10-11-17(21)23-16)20-18(22)24-19(4,5)6/h8,10-11,14-16H,7,9,12H2,1-6H3,(H,20,22)/t14-,15+,16?/m1/s1. The van der Waals surface area contributed by atoms with Crippen molar-refractivity contribution in [2.24, 2.45) is 5.92 Å². The van der Waals surface area contributed by atoms with E-state index in [1.54, 1.807) is 6.08 Å². The van der Waals surface area contributed by atoms with E-state index in [0.717, 1.165) is 19.3 Å². The molecule has 1 aliphatic heterocycles. The summed E-state index contributed by atoms with van der Waals surface area (Å²) in [6.45, 7) is 11.8. The molecule has 1 heterocycles. The zero-order valence-electron chi connectivity index (χ0n) is 15.7. The molecule has 0 saturated carbocycles. The minimum atomic E-state index is -0.564. The van der Waals surface area contributed by atoms with Gasteiger partial charge in [0.2, 0.25) is 0 Å². The quantitative estimate of drug-likeness (QED) is 0.560. The molecule has 0 aliphatic carbocycles. The first kappa shape index (κ1) is 20.3. The van der Waals surface area contributed by atoms with Gasteiger partial charge < -0.3 is 14.8 Å². The van der Waals surface area contributed by atoms with E-state index < -0.39 is 17.8 Å². The van der Waals surface area contributed by atoms with Gasteiger partial charge in [0.25, 0.3) is 0 Å². The molecule has 3 atom stereocenters. The van der Waals surface area contributed by atoms with Crippen molar-refractivity contribution in [3.8, 4) is 0 Å². The molecule has 0 aromatic rings. The van der Waals surface area contributed by atoms with Crippen LogP contribution in [0.2, 0.25) is 0 Å². The molecule has 0 bridgehead atoms. The number of allylic oxidation sites excluding steroid dienone is 2. The number of amides is 1. The monoisotopic (exact) mass is 337 g/mol. The predicted octanol–water partition coefficient (Wildman–Crippen LogP) is 4.13. The molecule has 0 fully saturated rings. The average molecular weight is 337 g/mol. The Balaban J connectivity index is 2.64. The van der Waals surface area contributed by atoms with Gasteiger partial charge in [0.05, 0.1) is 6.04 Å². The van der Waals surface area contributed by atoms with Crippen LogP contribution in [0.4, 0.5) is 4.79 Å². The Bertz CT molecular complexity index is 498. The van der Waals surface area contributed by atoms with Crippen LogP contribution in [-0.4, -0.2) is 29.8 Å². The zero-order valence-corrected chi connectivity index (χ0v) is 15.7. The van der Waals surface area contributed by atoms with Crippen LogP contribution < -0.4 is 5.32 Å². The Morgan fingerprint density at radius 3 is 2.58 bits per heavy atom. The van der Waals surface area contributed by atoms with E-state index in [1.165, 1.54) is 11.6 Å². The largest absolute Gasteiger partial charge is 0.453 e. The fourth-order valence-corrected chi connectivity index (χ4v) is 2.54. The highest BCUT2D eigenvalue weighted by atomic mass is 16.6. The number of carbonyl (C=O) groups excluding carboxylic acids is 2. The van der Waals surface area contributed by atoms with E-state index in [1.807, 2.05) is 20.8 Å². The predicted molar refractivity (Wildman–Crippen MR) is 94.6 cm³/mol. The maximum atomic E-state index is 12.1. The molecule has 0 radical (unpaired) electrons. The lowest BCUT2D eigenvalue weighted by atomic mass is 9.93. The molecule has 1 rings (SSSR count). The minimum Gasteiger partial charge on any atom is -0.453 e. The van der Waals surface area contributed by atoms with Crippen molar-refractivity contribution in [1.82, 2.24) is 5.32 Å². The number of ether oxygens (including phenoxy) is 2. The van der Waals surface area contributed by atoms with Gasteiger partial charge in [0.15, 0.2) is 0 Å². The number of rotatable bonds is 7. The van der Waals surface area contributed by atoms with E-state index in [4.69, 9.17) is 9.47 Å². The van der Waals surface area contributed by atoms with Crippen LogP contribution in [0.25, 0.3) is 0 Å². The van der Waals surface area contributed by atoms with Crippen LogP contribution in [0, 0.1) is 5.92 Å². The molecule has 1 amide bonds. The number of hydrogen-bond acceptors (Lipinski definition) is 4. The Kier molecular flexibility index (Phi) is 7.52. The molecule has 5 nitrogen and oxygen atoms in total. The highest BCUT2D eigenvalue weighted by Crippen LogP contribution is 2.21. The fourth-order valence-electron chi connectivity index (χ4n) is 2.54. The molecule has 1 unspecified atom stereocenters. The number of cyclic esters (lactones) is 1. The second kappa shape index (κ2) is 8.90. The smallest absolute Gasteiger partial charge is 0.408 e. The van der Waals surface area contributed by atoms with Crippen molar-refractivity contribution < 1.29 is 19.1 Å². The summed E-state index contributed by atoms with van der Waals surface area (Å²) in [4.78, 5) is 23.4. The van der Waals surface area contributed by atoms with Crippen molar-refractivity contribution in [3.05, 3.63) is 23.8 Å². The third kappa shape index (κ3) is 8.18. The maximum absolute atomic E-state index is 12.1. The third-order valence-electron chi connectivity index (χ3n) is 3.64. The Morgan fingerprint density at radius 1 is 1.42 bits per heavy atom. The Morgan fingerprint density at radius 2 is 2.08 bits per heavy atom. The van der Waals surface area contributed by atoms with Gasteiger partial charge in [-0.3, -0.25) is 0 Å². The van der Waals surface area contributed by atoms with Gasteiger partial charge in [-0.15, -0.1) is 0 Å². The lowest BCUT2D eigenvalue weighted by Gasteiger charge is -2.27. The molecule has 0 spiro atoms. The van der Waals surface area contributed by atoms with Gasteiger partial charge in [-0.25, -0.2) is 9.59 Å². The molecule has 5 heteroatoms. The first-order valence-electron chi connectivity index (χ1n) is 8.58. The Labute approximate surface area is 145 Å². The number of nitrogens with one attached hydrogen (secondary N) is 1. The molecule has 24 heavy (non-hydrogen) atoms. The number of alkyl carbamates (subject to hydrolysis) is 1. The zero-order chi connectivity index (χ0) is 18.3. The summed E-state index contributed by atoms with van der Waals surface area (Å²) in [5, 5.41) is 2.86. The average Bonchev–Trinajstić information content (AvgIpc) is 2.82. The number of hydrogen-bond donors (Lipinski definition) is 1. The normalized spacial score (nSPS) is 19.4. The second-order valence-corrected chi connectivity index (χ2v) is 7.71. The van der Waals surface area contributed by atoms with E-state index in [0.29, 0.717) is 5.92 Å². The summed E-state index contributed by atoms with van der Waals surface area (Å²) in [5.74, 6) is 0.0152. The molecule has 0 aromatic carbocycles. The van der Waals surface area contributed by atoms with Gasteiger partial charge in [0, 0.05) is 6.08 Å². The van der Waals surface area contributed by atoms with Crippen LogP contribution in [0.15, 0.2) is 23.8 Å². The van der Waals surface area contributed by atoms with Crippen molar-refractivity contribution in [2.45, 2.75) is 78.6 Å². The summed E-state index contributed by atoms with van der Waals surface area (Å²) in [5.41, 5.74) is 0.740. The molecule has 0 saturated heterocycles. The van der Waals surface area contributed by atoms with E-state index in [9.17, 15) is 9.59 Å². The first-order valence-corrected chi connectivity index (χ1v) is 8.58. The summed E-state index contributed by atoms with van der Waals surface area (Å²) in [6.07, 6.45) is 7.14. The van der Waals surface area contributed by atoms with Crippen LogP contribution in [0.3, 0.4) is 0 Å². The fraction of sp³-hybridized carbons (Fsp3) is 0.684. The van der Waals surface area contributed by atoms with Gasteiger partial charge in [-0.05, 0) is 65.9 Å². The first-order chi connectivity index (χ1) is 11.1. The van der Waals surface area contributed by atoms with Gasteiger partial charge in [-0.2, -0.15) is 0 Å². The minimum absolute atomic E-state index is 0.288. The van der Waals surface area contributed by atoms with E-state index in [2.05, 4.69) is 32.2 Å². The molecular weight excluding hydrogens is 306 g/mol. The summed E-state index contributed by atoms with van der Waals surface area (Å²) >= 11 is 0. The van der Waals surface area contributed by atoms with Crippen molar-refractivity contribution in [2.75, 3.05) is 0 Å². The van der Waals surface area contributed by atoms with Crippen LogP contribution in [0.1, 0.15) is 60.8 Å². The molecule has 1 aliphatic rings. The van der Waals surface area contributed by atoms with Crippen molar-refractivity contribution in [3.63, 3.8) is 0 Å². The van der Waals surface area contributed by atoms with E-state index in [-0.39, 0.29) is 12.0 Å². The van der Waals surface area contributed by atoms with Crippen LogP contribution >= 0.6 is 0 Å². The summed E-state index contributed by atoms with van der Waals surface area (Å²) in [6, 6.07) is -0.288. The lowest BCUT2D eigenvalue weighted by molar-refractivity contribution is -0.139. The summed E-state index contributed by atoms with van der Waals surface area (Å²) in [7, 11) is 0. The van der Waals surface area contributed by atoms with E-state index >= 15 is 0 Å². The van der Waals surface area contributed by atoms with Crippen LogP contribution in [-0.2, 0) is 14.3 Å². The second-order valence-electron chi connectivity index (χ2n) is 7.71.